The summed E-state index contributed by atoms with van der Waals surface area (Å²) in [5.74, 6) is 0.336. The first-order chi connectivity index (χ1) is 7.51. The maximum atomic E-state index is 10.2. The number of benzene rings is 1. The summed E-state index contributed by atoms with van der Waals surface area (Å²) in [6.07, 6.45) is 0. The highest BCUT2D eigenvalue weighted by atomic mass is 79.9. The van der Waals surface area contributed by atoms with Gasteiger partial charge in [0.1, 0.15) is 0 Å². The van der Waals surface area contributed by atoms with E-state index in [1.54, 1.807) is 0 Å². The average Bonchev–Trinajstić information content (AvgIpc) is 2.18. The van der Waals surface area contributed by atoms with Crippen LogP contribution in [0.1, 0.15) is 19.4 Å². The molecule has 0 aliphatic carbocycles. The van der Waals surface area contributed by atoms with Crippen LogP contribution in [0.2, 0.25) is 0 Å². The summed E-state index contributed by atoms with van der Waals surface area (Å²) >= 11 is 3.55. The Balaban J connectivity index is 1.93. The van der Waals surface area contributed by atoms with Crippen LogP contribution in [0.15, 0.2) is 28.7 Å². The number of β-amino-alcohol motifs (C(OH)–C–C–N with tert-alkyl or cyclic N) is 1. The Morgan fingerprint density at radius 3 is 2.56 bits per heavy atom. The molecule has 1 aromatic carbocycles. The number of hydrogen-bond acceptors (Lipinski definition) is 2. The first kappa shape index (κ1) is 12.1. The fourth-order valence-corrected chi connectivity index (χ4v) is 2.48. The van der Waals surface area contributed by atoms with Crippen LogP contribution in [-0.4, -0.2) is 28.7 Å². The average molecular weight is 284 g/mol. The van der Waals surface area contributed by atoms with Gasteiger partial charge in [-0.2, -0.15) is 0 Å². The van der Waals surface area contributed by atoms with Crippen molar-refractivity contribution in [3.05, 3.63) is 34.3 Å². The zero-order valence-corrected chi connectivity index (χ0v) is 11.4. The van der Waals surface area contributed by atoms with Crippen LogP contribution in [0.4, 0.5) is 0 Å². The summed E-state index contributed by atoms with van der Waals surface area (Å²) in [5.41, 5.74) is 0.814. The molecule has 0 unspecified atom stereocenters. The largest absolute Gasteiger partial charge is 0.387 e. The van der Waals surface area contributed by atoms with E-state index in [9.17, 15) is 5.11 Å². The monoisotopic (exact) mass is 283 g/mol. The standard InChI is InChI=1S/C13H18BrNO/c1-10(2)13(16)8-15(9-13)7-11-5-3-4-6-12(11)14/h3-6,10,16H,7-9H2,1-2H3. The van der Waals surface area contributed by atoms with Crippen LogP contribution in [0, 0.1) is 5.92 Å². The summed E-state index contributed by atoms with van der Waals surface area (Å²) in [5, 5.41) is 10.2. The Labute approximate surface area is 105 Å². The van der Waals surface area contributed by atoms with Gasteiger partial charge >= 0.3 is 0 Å². The van der Waals surface area contributed by atoms with Gasteiger partial charge in [0.15, 0.2) is 0 Å². The van der Waals surface area contributed by atoms with Crippen molar-refractivity contribution in [1.82, 2.24) is 4.90 Å². The number of halogens is 1. The summed E-state index contributed by atoms with van der Waals surface area (Å²) in [4.78, 5) is 2.28. The van der Waals surface area contributed by atoms with Gasteiger partial charge in [0, 0.05) is 24.1 Å². The molecule has 0 spiro atoms. The van der Waals surface area contributed by atoms with E-state index in [0.29, 0.717) is 5.92 Å². The van der Waals surface area contributed by atoms with E-state index in [0.717, 1.165) is 24.1 Å². The van der Waals surface area contributed by atoms with Gasteiger partial charge in [-0.1, -0.05) is 48.0 Å². The zero-order chi connectivity index (χ0) is 11.8. The van der Waals surface area contributed by atoms with Gasteiger partial charge in [-0.3, -0.25) is 4.90 Å². The SMILES string of the molecule is CC(C)C1(O)CN(Cc2ccccc2Br)C1. The smallest absolute Gasteiger partial charge is 0.0923 e. The topological polar surface area (TPSA) is 23.5 Å². The Morgan fingerprint density at radius 2 is 2.00 bits per heavy atom. The first-order valence-corrected chi connectivity index (χ1v) is 6.49. The lowest BCUT2D eigenvalue weighted by Crippen LogP contribution is -2.63. The molecule has 0 atom stereocenters. The van der Waals surface area contributed by atoms with Gasteiger partial charge in [0.2, 0.25) is 0 Å². The van der Waals surface area contributed by atoms with Crippen molar-refractivity contribution < 1.29 is 5.11 Å². The second-order valence-corrected chi connectivity index (χ2v) is 5.85. The Bertz CT molecular complexity index is 372. The van der Waals surface area contributed by atoms with Gasteiger partial charge in [-0.05, 0) is 17.5 Å². The molecular weight excluding hydrogens is 266 g/mol. The highest BCUT2D eigenvalue weighted by Crippen LogP contribution is 2.30. The van der Waals surface area contributed by atoms with Crippen LogP contribution >= 0.6 is 15.9 Å². The van der Waals surface area contributed by atoms with Gasteiger partial charge in [0.25, 0.3) is 0 Å². The number of rotatable bonds is 3. The lowest BCUT2D eigenvalue weighted by atomic mass is 9.83. The molecule has 1 aliphatic rings. The maximum absolute atomic E-state index is 10.2. The molecule has 0 radical (unpaired) electrons. The third kappa shape index (κ3) is 2.31. The van der Waals surface area contributed by atoms with Crippen molar-refractivity contribution in [3.8, 4) is 0 Å². The Hall–Kier alpha value is -0.380. The Morgan fingerprint density at radius 1 is 1.38 bits per heavy atom. The summed E-state index contributed by atoms with van der Waals surface area (Å²) in [7, 11) is 0. The van der Waals surface area contributed by atoms with Crippen LogP contribution < -0.4 is 0 Å². The molecule has 1 aromatic rings. The predicted molar refractivity (Wildman–Crippen MR) is 69.2 cm³/mol. The quantitative estimate of drug-likeness (QED) is 0.922. The molecule has 16 heavy (non-hydrogen) atoms. The van der Waals surface area contributed by atoms with E-state index in [1.807, 2.05) is 6.07 Å². The van der Waals surface area contributed by atoms with Crippen molar-refractivity contribution in [2.45, 2.75) is 26.0 Å². The summed E-state index contributed by atoms with van der Waals surface area (Å²) < 4.78 is 1.15. The molecular formula is C13H18BrNO. The fourth-order valence-electron chi connectivity index (χ4n) is 2.07. The molecule has 88 valence electrons. The van der Waals surface area contributed by atoms with Crippen molar-refractivity contribution in [2.24, 2.45) is 5.92 Å². The summed E-state index contributed by atoms with van der Waals surface area (Å²) in [6, 6.07) is 8.25. The number of hydrogen-bond donors (Lipinski definition) is 1. The van der Waals surface area contributed by atoms with Gasteiger partial charge in [-0.25, -0.2) is 0 Å². The molecule has 0 saturated carbocycles. The third-order valence-corrected chi connectivity index (χ3v) is 4.19. The highest BCUT2D eigenvalue weighted by Gasteiger charge is 2.43. The van der Waals surface area contributed by atoms with Crippen molar-refractivity contribution in [2.75, 3.05) is 13.1 Å². The molecule has 3 heteroatoms. The van der Waals surface area contributed by atoms with Crippen LogP contribution in [0.25, 0.3) is 0 Å². The lowest BCUT2D eigenvalue weighted by Gasteiger charge is -2.49. The second kappa shape index (κ2) is 4.47. The number of aliphatic hydroxyl groups is 1. The van der Waals surface area contributed by atoms with Gasteiger partial charge in [-0.15, -0.1) is 0 Å². The van der Waals surface area contributed by atoms with E-state index in [-0.39, 0.29) is 0 Å². The van der Waals surface area contributed by atoms with Crippen molar-refractivity contribution in [1.29, 1.82) is 0 Å². The van der Waals surface area contributed by atoms with E-state index < -0.39 is 5.60 Å². The van der Waals surface area contributed by atoms with E-state index >= 15 is 0 Å². The molecule has 1 saturated heterocycles. The minimum absolute atomic E-state index is 0.336. The van der Waals surface area contributed by atoms with E-state index in [4.69, 9.17) is 0 Å². The molecule has 1 aliphatic heterocycles. The van der Waals surface area contributed by atoms with E-state index in [2.05, 4.69) is 52.9 Å². The second-order valence-electron chi connectivity index (χ2n) is 4.99. The van der Waals surface area contributed by atoms with Crippen molar-refractivity contribution in [3.63, 3.8) is 0 Å². The highest BCUT2D eigenvalue weighted by molar-refractivity contribution is 9.10. The molecule has 1 heterocycles. The zero-order valence-electron chi connectivity index (χ0n) is 9.78. The molecule has 0 aromatic heterocycles. The molecule has 0 amide bonds. The summed E-state index contributed by atoms with van der Waals surface area (Å²) in [6.45, 7) is 6.64. The fraction of sp³-hybridized carbons (Fsp3) is 0.538. The van der Waals surface area contributed by atoms with Crippen LogP contribution in [0.5, 0.6) is 0 Å². The van der Waals surface area contributed by atoms with E-state index in [1.165, 1.54) is 5.56 Å². The molecule has 1 N–H and O–H groups in total. The maximum Gasteiger partial charge on any atom is 0.0923 e. The van der Waals surface area contributed by atoms with Gasteiger partial charge < -0.3 is 5.11 Å². The number of likely N-dealkylation sites (tertiary alicyclic amines) is 1. The third-order valence-electron chi connectivity index (χ3n) is 3.42. The molecule has 2 rings (SSSR count). The number of nitrogens with zero attached hydrogens (tertiary/aromatic N) is 1. The Kier molecular flexibility index (Phi) is 3.38. The minimum Gasteiger partial charge on any atom is -0.387 e. The molecule has 0 bridgehead atoms. The van der Waals surface area contributed by atoms with Gasteiger partial charge in [0.05, 0.1) is 5.60 Å². The van der Waals surface area contributed by atoms with Crippen LogP contribution in [-0.2, 0) is 6.54 Å². The van der Waals surface area contributed by atoms with Crippen molar-refractivity contribution >= 4 is 15.9 Å². The first-order valence-electron chi connectivity index (χ1n) is 5.69. The normalized spacial score (nSPS) is 19.8. The van der Waals surface area contributed by atoms with Crippen LogP contribution in [0.3, 0.4) is 0 Å². The lowest BCUT2D eigenvalue weighted by molar-refractivity contribution is -0.130. The molecule has 1 fully saturated rings. The minimum atomic E-state index is -0.471. The predicted octanol–water partition coefficient (Wildman–Crippen LogP) is 2.65. The molecule has 2 nitrogen and oxygen atoms in total.